The summed E-state index contributed by atoms with van der Waals surface area (Å²) in [4.78, 5) is 53.1. The van der Waals surface area contributed by atoms with E-state index in [4.69, 9.17) is 4.74 Å². The number of imide groups is 1. The molecule has 2 heterocycles. The Morgan fingerprint density at radius 1 is 1.24 bits per heavy atom. The summed E-state index contributed by atoms with van der Waals surface area (Å²) >= 11 is 1.22. The van der Waals surface area contributed by atoms with E-state index < -0.39 is 30.0 Å². The highest BCUT2D eigenvalue weighted by Gasteiger charge is 2.55. The van der Waals surface area contributed by atoms with Gasteiger partial charge in [0, 0.05) is 4.88 Å². The number of carbonyl (C=O) groups is 4. The molecule has 1 spiro atoms. The number of nitrogens with one attached hydrogen (secondary N) is 2. The molecule has 9 heteroatoms. The smallest absolute Gasteiger partial charge is 0.350 e. The molecular formula is C24H27N3O5S. The molecule has 2 fully saturated rings. The van der Waals surface area contributed by atoms with E-state index in [1.807, 2.05) is 37.3 Å². The first kappa shape index (κ1) is 23.0. The van der Waals surface area contributed by atoms with Crippen LogP contribution in [-0.2, 0) is 14.3 Å². The lowest BCUT2D eigenvalue weighted by atomic mass is 9.73. The Morgan fingerprint density at radius 2 is 2.00 bits per heavy atom. The molecule has 1 saturated heterocycles. The van der Waals surface area contributed by atoms with E-state index in [9.17, 15) is 19.2 Å². The lowest BCUT2D eigenvalue weighted by molar-refractivity contribution is -0.136. The fourth-order valence-electron chi connectivity index (χ4n) is 4.55. The maximum Gasteiger partial charge on any atom is 0.350 e. The minimum Gasteiger partial charge on any atom is -0.462 e. The lowest BCUT2D eigenvalue weighted by Gasteiger charge is -2.36. The van der Waals surface area contributed by atoms with Crippen LogP contribution in [0.15, 0.2) is 36.4 Å². The number of thiophene rings is 1. The molecule has 0 radical (unpaired) electrons. The van der Waals surface area contributed by atoms with Gasteiger partial charge in [0.15, 0.2) is 0 Å². The fraction of sp³-hybridized carbons (Fsp3) is 0.417. The van der Waals surface area contributed by atoms with E-state index in [0.29, 0.717) is 12.1 Å². The topological polar surface area (TPSA) is 105 Å². The van der Waals surface area contributed by atoms with Crippen LogP contribution in [0.3, 0.4) is 0 Å². The van der Waals surface area contributed by atoms with Gasteiger partial charge in [-0.3, -0.25) is 14.5 Å². The zero-order chi connectivity index (χ0) is 23.6. The Bertz CT molecular complexity index is 1080. The molecule has 1 aromatic heterocycles. The van der Waals surface area contributed by atoms with Crippen LogP contribution in [0.25, 0.3) is 10.4 Å². The number of rotatable bonds is 6. The number of benzene rings is 1. The van der Waals surface area contributed by atoms with Gasteiger partial charge in [-0.2, -0.15) is 0 Å². The molecule has 2 atom stereocenters. The number of nitrogens with zero attached hydrogens (tertiary/aromatic N) is 1. The number of esters is 1. The van der Waals surface area contributed by atoms with Gasteiger partial charge in [-0.25, -0.2) is 9.59 Å². The van der Waals surface area contributed by atoms with Crippen molar-refractivity contribution in [2.45, 2.75) is 45.1 Å². The molecule has 174 valence electrons. The summed E-state index contributed by atoms with van der Waals surface area (Å²) in [6.07, 6.45) is 3.31. The zero-order valence-electron chi connectivity index (χ0n) is 18.7. The molecule has 2 N–H and O–H groups in total. The summed E-state index contributed by atoms with van der Waals surface area (Å²) < 4.78 is 5.15. The lowest BCUT2D eigenvalue weighted by Crippen LogP contribution is -2.54. The average Bonchev–Trinajstić information content (AvgIpc) is 3.32. The Balaban J connectivity index is 1.53. The highest BCUT2D eigenvalue weighted by atomic mass is 32.1. The summed E-state index contributed by atoms with van der Waals surface area (Å²) in [5.41, 5.74) is 0.278. The number of amides is 4. The van der Waals surface area contributed by atoms with Gasteiger partial charge in [-0.1, -0.05) is 50.1 Å². The van der Waals surface area contributed by atoms with Crippen molar-refractivity contribution in [1.29, 1.82) is 0 Å². The number of hydrogen-bond acceptors (Lipinski definition) is 6. The summed E-state index contributed by atoms with van der Waals surface area (Å²) in [5, 5.41) is 5.55. The number of hydrogen-bond donors (Lipinski definition) is 2. The van der Waals surface area contributed by atoms with Crippen molar-refractivity contribution >= 4 is 40.8 Å². The van der Waals surface area contributed by atoms with E-state index >= 15 is 0 Å². The predicted octanol–water partition coefficient (Wildman–Crippen LogP) is 4.03. The molecule has 2 aromatic rings. The third kappa shape index (κ3) is 4.37. The number of ether oxygens (including phenoxy) is 1. The number of urea groups is 1. The maximum atomic E-state index is 13.1. The first-order chi connectivity index (χ1) is 15.9. The van der Waals surface area contributed by atoms with Crippen molar-refractivity contribution in [2.24, 2.45) is 5.92 Å². The quantitative estimate of drug-likeness (QED) is 0.491. The van der Waals surface area contributed by atoms with Crippen LogP contribution in [-0.4, -0.2) is 47.4 Å². The van der Waals surface area contributed by atoms with Crippen LogP contribution in [0.4, 0.5) is 10.5 Å². The molecule has 1 aromatic carbocycles. The second-order valence-electron chi connectivity index (χ2n) is 8.43. The van der Waals surface area contributed by atoms with E-state index in [1.54, 1.807) is 13.0 Å². The van der Waals surface area contributed by atoms with Crippen LogP contribution < -0.4 is 10.6 Å². The van der Waals surface area contributed by atoms with Gasteiger partial charge in [0.1, 0.15) is 17.0 Å². The molecular weight excluding hydrogens is 442 g/mol. The average molecular weight is 470 g/mol. The second-order valence-corrected chi connectivity index (χ2v) is 9.48. The van der Waals surface area contributed by atoms with Crippen molar-refractivity contribution in [3.63, 3.8) is 0 Å². The molecule has 8 nitrogen and oxygen atoms in total. The monoisotopic (exact) mass is 469 g/mol. The zero-order valence-corrected chi connectivity index (χ0v) is 19.5. The second kappa shape index (κ2) is 9.35. The van der Waals surface area contributed by atoms with Crippen molar-refractivity contribution in [1.82, 2.24) is 10.2 Å². The van der Waals surface area contributed by atoms with Gasteiger partial charge in [0.25, 0.3) is 5.91 Å². The van der Waals surface area contributed by atoms with E-state index in [1.165, 1.54) is 11.3 Å². The Kier molecular flexibility index (Phi) is 6.51. The summed E-state index contributed by atoms with van der Waals surface area (Å²) in [6.45, 7) is 3.45. The van der Waals surface area contributed by atoms with E-state index in [0.717, 1.165) is 34.6 Å². The van der Waals surface area contributed by atoms with Crippen LogP contribution >= 0.6 is 11.3 Å². The van der Waals surface area contributed by atoms with Crippen molar-refractivity contribution in [3.8, 4) is 10.4 Å². The third-order valence-corrected chi connectivity index (χ3v) is 7.49. The van der Waals surface area contributed by atoms with Gasteiger partial charge < -0.3 is 15.4 Å². The molecule has 4 amide bonds. The van der Waals surface area contributed by atoms with Crippen LogP contribution in [0.1, 0.15) is 49.2 Å². The molecule has 1 saturated carbocycles. The molecule has 4 rings (SSSR count). The molecule has 1 aliphatic heterocycles. The maximum absolute atomic E-state index is 13.1. The van der Waals surface area contributed by atoms with Gasteiger partial charge >= 0.3 is 12.0 Å². The third-order valence-electron chi connectivity index (χ3n) is 6.33. The standard InChI is InChI=1S/C24H27N3O5S/c1-3-32-21(29)20-17(13-18(33-20)16-10-5-4-6-11-16)25-19(28)14-27-22(30)24(26-23(27)31)12-8-7-9-15(24)2/h4-6,10-11,13,15H,3,7-9,12,14H2,1-2H3,(H,25,28)(H,26,31). The number of anilines is 1. The predicted molar refractivity (Wildman–Crippen MR) is 125 cm³/mol. The SMILES string of the molecule is CCOC(=O)c1sc(-c2ccccc2)cc1NC(=O)CN1C(=O)NC2(CCCCC2C)C1=O. The minimum absolute atomic E-state index is 0.0106. The van der Waals surface area contributed by atoms with Crippen molar-refractivity contribution < 1.29 is 23.9 Å². The normalized spacial score (nSPS) is 22.4. The largest absolute Gasteiger partial charge is 0.462 e. The van der Waals surface area contributed by atoms with Crippen LogP contribution in [0.2, 0.25) is 0 Å². The molecule has 1 aliphatic carbocycles. The summed E-state index contributed by atoms with van der Waals surface area (Å²) in [5.74, 6) is -1.43. The van der Waals surface area contributed by atoms with Crippen LogP contribution in [0, 0.1) is 5.92 Å². The van der Waals surface area contributed by atoms with E-state index in [-0.39, 0.29) is 23.3 Å². The van der Waals surface area contributed by atoms with Crippen molar-refractivity contribution in [3.05, 3.63) is 41.3 Å². The molecule has 33 heavy (non-hydrogen) atoms. The molecule has 2 aliphatic rings. The Hall–Kier alpha value is -3.20. The molecule has 2 unspecified atom stereocenters. The van der Waals surface area contributed by atoms with Crippen LogP contribution in [0.5, 0.6) is 0 Å². The highest BCUT2D eigenvalue weighted by molar-refractivity contribution is 7.18. The fourth-order valence-corrected chi connectivity index (χ4v) is 5.56. The summed E-state index contributed by atoms with van der Waals surface area (Å²) in [6, 6.07) is 10.6. The highest BCUT2D eigenvalue weighted by Crippen LogP contribution is 2.38. The first-order valence-electron chi connectivity index (χ1n) is 11.2. The Morgan fingerprint density at radius 3 is 2.70 bits per heavy atom. The van der Waals surface area contributed by atoms with Gasteiger partial charge in [0.2, 0.25) is 5.91 Å². The number of carbonyl (C=O) groups excluding carboxylic acids is 4. The van der Waals surface area contributed by atoms with Crippen molar-refractivity contribution in [2.75, 3.05) is 18.5 Å². The van der Waals surface area contributed by atoms with Gasteiger partial charge in [-0.05, 0) is 37.3 Å². The van der Waals surface area contributed by atoms with E-state index in [2.05, 4.69) is 10.6 Å². The Labute approximate surface area is 196 Å². The molecule has 0 bridgehead atoms. The minimum atomic E-state index is -0.922. The summed E-state index contributed by atoms with van der Waals surface area (Å²) in [7, 11) is 0. The first-order valence-corrected chi connectivity index (χ1v) is 12.0. The van der Waals surface area contributed by atoms with Gasteiger partial charge in [0.05, 0.1) is 12.3 Å². The van der Waals surface area contributed by atoms with Gasteiger partial charge in [-0.15, -0.1) is 11.3 Å².